The molecule has 0 aromatic heterocycles. The first-order chi connectivity index (χ1) is 28.4. The Balaban J connectivity index is 2.50. The highest BCUT2D eigenvalue weighted by Gasteiger charge is 2.51. The number of unbranched alkanes of at least 4 members (excludes halogenated alkanes) is 19. The smallest absolute Gasteiger partial charge is 0.462 e. The Morgan fingerprint density at radius 1 is 0.525 bits per heavy atom. The Kier molecular flexibility index (Phi) is 33.3. The number of phosphoric ester groups is 1. The van der Waals surface area contributed by atoms with E-state index in [1.165, 1.54) is 70.6 Å². The minimum Gasteiger partial charge on any atom is -0.462 e. The topological polar surface area (TPSA) is 210 Å². The standard InChI is InChI=1S/C45H81O13P/c1-3-5-7-9-11-13-15-17-19-21-23-25-27-29-31-33-38(46)55-35-37(36-56-59(53,54)58-45-43(51)41(49)40(48)42(50)44(45)52)57-39(47)34-32-30-28-26-24-22-20-18-16-14-12-10-8-6-4-2/h14,16-17,19,23,25,37,40-45,48-52H,3-13,15,18,20-22,24,26-36H2,1-2H3,(H,53,54)/b16-14+,19-17+,25-23+/t37-,40?,41-,42?,43?,44?,45?/m1/s1. The molecule has 0 aliphatic heterocycles. The lowest BCUT2D eigenvalue weighted by Crippen LogP contribution is -2.64. The van der Waals surface area contributed by atoms with Crippen LogP contribution in [0.2, 0.25) is 0 Å². The molecule has 1 aliphatic carbocycles. The van der Waals surface area contributed by atoms with Gasteiger partial charge in [-0.1, -0.05) is 134 Å². The van der Waals surface area contributed by atoms with Gasteiger partial charge >= 0.3 is 19.8 Å². The number of allylic oxidation sites excluding steroid dienone is 6. The summed E-state index contributed by atoms with van der Waals surface area (Å²) in [6.07, 6.45) is 26.3. The first-order valence-electron chi connectivity index (χ1n) is 22.8. The van der Waals surface area contributed by atoms with E-state index < -0.39 is 75.7 Å². The van der Waals surface area contributed by atoms with Gasteiger partial charge in [-0.3, -0.25) is 18.6 Å². The van der Waals surface area contributed by atoms with Crippen LogP contribution in [0.25, 0.3) is 0 Å². The fourth-order valence-corrected chi connectivity index (χ4v) is 7.70. The Morgan fingerprint density at radius 2 is 0.915 bits per heavy atom. The van der Waals surface area contributed by atoms with E-state index in [4.69, 9.17) is 18.5 Å². The third kappa shape index (κ3) is 28.3. The summed E-state index contributed by atoms with van der Waals surface area (Å²) in [6, 6.07) is 0. The Labute approximate surface area is 355 Å². The molecule has 344 valence electrons. The molecule has 0 amide bonds. The highest BCUT2D eigenvalue weighted by molar-refractivity contribution is 7.47. The number of aliphatic hydroxyl groups is 5. The van der Waals surface area contributed by atoms with E-state index in [1.807, 2.05) is 0 Å². The van der Waals surface area contributed by atoms with Crippen molar-refractivity contribution >= 4 is 19.8 Å². The molecule has 6 N–H and O–H groups in total. The van der Waals surface area contributed by atoms with Gasteiger partial charge in [-0.05, 0) is 70.6 Å². The van der Waals surface area contributed by atoms with E-state index in [0.29, 0.717) is 12.8 Å². The summed E-state index contributed by atoms with van der Waals surface area (Å²) in [7, 11) is -5.12. The van der Waals surface area contributed by atoms with Gasteiger partial charge < -0.3 is 39.9 Å². The third-order valence-corrected chi connectivity index (χ3v) is 11.4. The normalized spacial score (nSPS) is 22.6. The maximum Gasteiger partial charge on any atom is 0.472 e. The van der Waals surface area contributed by atoms with Gasteiger partial charge in [0.1, 0.15) is 43.2 Å². The summed E-state index contributed by atoms with van der Waals surface area (Å²) in [5, 5.41) is 50.1. The van der Waals surface area contributed by atoms with Crippen molar-refractivity contribution in [2.45, 2.75) is 224 Å². The monoisotopic (exact) mass is 861 g/mol. The average Bonchev–Trinajstić information content (AvgIpc) is 3.21. The lowest BCUT2D eigenvalue weighted by Gasteiger charge is -2.41. The first-order valence-corrected chi connectivity index (χ1v) is 24.3. The van der Waals surface area contributed by atoms with Crippen molar-refractivity contribution in [3.63, 3.8) is 0 Å². The van der Waals surface area contributed by atoms with Crippen LogP contribution in [-0.4, -0.2) is 98.3 Å². The molecule has 0 saturated heterocycles. The minimum absolute atomic E-state index is 0.0851. The number of carbonyl (C=O) groups is 2. The number of rotatable bonds is 37. The average molecular weight is 861 g/mol. The van der Waals surface area contributed by atoms with Crippen molar-refractivity contribution in [2.75, 3.05) is 13.2 Å². The SMILES string of the molecule is CCCCCC/C=C/CCCCCCCCCC(=O)O[C@H](COC(=O)CCCC/C=C/C/C=C/CCCCCCCC)COP(=O)(O)OC1C(O)C(O)C(O)[C@@H](O)C1O. The molecule has 6 unspecified atom stereocenters. The molecule has 59 heavy (non-hydrogen) atoms. The van der Waals surface area contributed by atoms with E-state index in [0.717, 1.165) is 70.6 Å². The van der Waals surface area contributed by atoms with Crippen LogP contribution in [0.1, 0.15) is 181 Å². The molecule has 0 bridgehead atoms. The molecule has 8 atom stereocenters. The second kappa shape index (κ2) is 35.6. The van der Waals surface area contributed by atoms with Crippen molar-refractivity contribution in [3.8, 4) is 0 Å². The zero-order valence-corrected chi connectivity index (χ0v) is 37.2. The highest BCUT2D eigenvalue weighted by Crippen LogP contribution is 2.47. The molecule has 0 aromatic carbocycles. The number of aliphatic hydroxyl groups excluding tert-OH is 5. The van der Waals surface area contributed by atoms with E-state index in [1.54, 1.807) is 0 Å². The van der Waals surface area contributed by atoms with Gasteiger partial charge in [0.05, 0.1) is 6.61 Å². The van der Waals surface area contributed by atoms with Crippen LogP contribution in [0, 0.1) is 0 Å². The number of ether oxygens (including phenoxy) is 2. The molecule has 1 saturated carbocycles. The van der Waals surface area contributed by atoms with E-state index >= 15 is 0 Å². The van der Waals surface area contributed by atoms with Crippen molar-refractivity contribution < 1.29 is 63.1 Å². The van der Waals surface area contributed by atoms with Gasteiger partial charge in [0.25, 0.3) is 0 Å². The van der Waals surface area contributed by atoms with Crippen LogP contribution < -0.4 is 0 Å². The molecule has 0 spiro atoms. The maximum atomic E-state index is 12.8. The molecule has 14 heteroatoms. The number of phosphoric acid groups is 1. The van der Waals surface area contributed by atoms with Crippen LogP contribution in [0.3, 0.4) is 0 Å². The second-order valence-electron chi connectivity index (χ2n) is 15.9. The Hall–Kier alpha value is -1.93. The Morgan fingerprint density at radius 3 is 1.44 bits per heavy atom. The lowest BCUT2D eigenvalue weighted by molar-refractivity contribution is -0.220. The summed E-state index contributed by atoms with van der Waals surface area (Å²) < 4.78 is 33.5. The zero-order chi connectivity index (χ0) is 43.6. The van der Waals surface area contributed by atoms with Crippen LogP contribution in [0.15, 0.2) is 36.5 Å². The fraction of sp³-hybridized carbons (Fsp3) is 0.822. The number of esters is 2. The molecular weight excluding hydrogens is 779 g/mol. The molecule has 0 radical (unpaired) electrons. The molecule has 1 rings (SSSR count). The molecule has 0 heterocycles. The van der Waals surface area contributed by atoms with Crippen LogP contribution in [-0.2, 0) is 32.7 Å². The van der Waals surface area contributed by atoms with Gasteiger partial charge in [0.2, 0.25) is 0 Å². The zero-order valence-electron chi connectivity index (χ0n) is 36.3. The number of carbonyl (C=O) groups excluding carboxylic acids is 2. The first kappa shape index (κ1) is 55.1. The van der Waals surface area contributed by atoms with Crippen molar-refractivity contribution in [2.24, 2.45) is 0 Å². The summed E-state index contributed by atoms with van der Waals surface area (Å²) >= 11 is 0. The maximum absolute atomic E-state index is 12.8. The molecule has 1 fully saturated rings. The summed E-state index contributed by atoms with van der Waals surface area (Å²) in [4.78, 5) is 35.6. The molecule has 13 nitrogen and oxygen atoms in total. The predicted octanol–water partition coefficient (Wildman–Crippen LogP) is 8.61. The van der Waals surface area contributed by atoms with Gasteiger partial charge in [-0.2, -0.15) is 0 Å². The molecule has 0 aromatic rings. The number of hydrogen-bond donors (Lipinski definition) is 6. The largest absolute Gasteiger partial charge is 0.472 e. The van der Waals surface area contributed by atoms with Crippen LogP contribution in [0.5, 0.6) is 0 Å². The summed E-state index contributed by atoms with van der Waals surface area (Å²) in [5.41, 5.74) is 0. The van der Waals surface area contributed by atoms with Crippen molar-refractivity contribution in [1.29, 1.82) is 0 Å². The van der Waals surface area contributed by atoms with E-state index in [9.17, 15) is 44.6 Å². The highest BCUT2D eigenvalue weighted by atomic mass is 31.2. The van der Waals surface area contributed by atoms with Gasteiger partial charge in [-0.25, -0.2) is 4.57 Å². The molecule has 1 aliphatic rings. The summed E-state index contributed by atoms with van der Waals surface area (Å²) in [5.74, 6) is -1.14. The second-order valence-corrected chi connectivity index (χ2v) is 17.3. The minimum atomic E-state index is -5.12. The quantitative estimate of drug-likeness (QED) is 0.0150. The number of hydrogen-bond acceptors (Lipinski definition) is 12. The van der Waals surface area contributed by atoms with Gasteiger partial charge in [-0.15, -0.1) is 0 Å². The lowest BCUT2D eigenvalue weighted by atomic mass is 9.85. The third-order valence-electron chi connectivity index (χ3n) is 10.5. The van der Waals surface area contributed by atoms with E-state index in [2.05, 4.69) is 50.3 Å². The van der Waals surface area contributed by atoms with Gasteiger partial charge in [0, 0.05) is 12.8 Å². The molecular formula is C45H81O13P. The summed E-state index contributed by atoms with van der Waals surface area (Å²) in [6.45, 7) is 3.24. The van der Waals surface area contributed by atoms with Crippen LogP contribution in [0.4, 0.5) is 0 Å². The van der Waals surface area contributed by atoms with Crippen molar-refractivity contribution in [3.05, 3.63) is 36.5 Å². The predicted molar refractivity (Wildman–Crippen MR) is 230 cm³/mol. The van der Waals surface area contributed by atoms with Crippen molar-refractivity contribution in [1.82, 2.24) is 0 Å². The fourth-order valence-electron chi connectivity index (χ4n) is 6.72. The Bertz CT molecular complexity index is 1180. The van der Waals surface area contributed by atoms with E-state index in [-0.39, 0.29) is 12.8 Å². The van der Waals surface area contributed by atoms with Crippen LogP contribution >= 0.6 is 7.82 Å². The van der Waals surface area contributed by atoms with Gasteiger partial charge in [0.15, 0.2) is 6.10 Å².